The first-order valence-electron chi connectivity index (χ1n) is 9.30. The molecule has 0 radical (unpaired) electrons. The Morgan fingerprint density at radius 3 is 2.41 bits per heavy atom. The van der Waals surface area contributed by atoms with E-state index in [1.165, 1.54) is 11.0 Å². The van der Waals surface area contributed by atoms with Crippen LogP contribution in [0.1, 0.15) is 17.2 Å². The molecule has 6 heteroatoms. The van der Waals surface area contributed by atoms with Gasteiger partial charge in [0.1, 0.15) is 0 Å². The smallest absolute Gasteiger partial charge is 0.290 e. The van der Waals surface area contributed by atoms with Gasteiger partial charge in [-0.05, 0) is 43.4 Å². The van der Waals surface area contributed by atoms with Gasteiger partial charge < -0.3 is 14.9 Å². The molecule has 0 saturated carbocycles. The van der Waals surface area contributed by atoms with Gasteiger partial charge in [0, 0.05) is 18.1 Å². The van der Waals surface area contributed by atoms with Crippen molar-refractivity contribution in [1.82, 2.24) is 9.80 Å². The number of carbonyl (C=O) groups excluding carboxylic acids is 2. The van der Waals surface area contributed by atoms with Gasteiger partial charge in [-0.1, -0.05) is 60.1 Å². The van der Waals surface area contributed by atoms with Crippen LogP contribution in [0, 0.1) is 0 Å². The van der Waals surface area contributed by atoms with Crippen LogP contribution in [0.15, 0.2) is 72.0 Å². The normalized spacial score (nSPS) is 17.0. The highest BCUT2D eigenvalue weighted by molar-refractivity contribution is 6.30. The highest BCUT2D eigenvalue weighted by Gasteiger charge is 2.42. The van der Waals surface area contributed by atoms with Crippen LogP contribution in [0.25, 0.3) is 6.08 Å². The summed E-state index contributed by atoms with van der Waals surface area (Å²) in [6, 6.07) is 15.7. The third-order valence-electron chi connectivity index (χ3n) is 4.77. The third kappa shape index (κ3) is 4.75. The number of halogens is 1. The number of carbonyl (C=O) groups is 2. The minimum absolute atomic E-state index is 0.0864. The van der Waals surface area contributed by atoms with E-state index in [0.717, 1.165) is 11.1 Å². The number of amides is 1. The van der Waals surface area contributed by atoms with Crippen molar-refractivity contribution in [3.8, 4) is 0 Å². The molecule has 0 spiro atoms. The fourth-order valence-electron chi connectivity index (χ4n) is 3.26. The van der Waals surface area contributed by atoms with Crippen molar-refractivity contribution < 1.29 is 14.7 Å². The van der Waals surface area contributed by atoms with Crippen molar-refractivity contribution in [3.05, 3.63) is 88.2 Å². The maximum Gasteiger partial charge on any atom is 0.290 e. The summed E-state index contributed by atoms with van der Waals surface area (Å²) in [5, 5.41) is 11.1. The Labute approximate surface area is 175 Å². The predicted molar refractivity (Wildman–Crippen MR) is 115 cm³/mol. The van der Waals surface area contributed by atoms with Gasteiger partial charge in [-0.3, -0.25) is 9.59 Å². The average Bonchev–Trinajstić information content (AvgIpc) is 2.96. The highest BCUT2D eigenvalue weighted by Crippen LogP contribution is 2.38. The Morgan fingerprint density at radius 2 is 1.79 bits per heavy atom. The number of rotatable bonds is 7. The molecule has 0 fully saturated rings. The lowest BCUT2D eigenvalue weighted by Crippen LogP contribution is -2.36. The van der Waals surface area contributed by atoms with Gasteiger partial charge in [0.15, 0.2) is 11.5 Å². The molecule has 1 aliphatic heterocycles. The summed E-state index contributed by atoms with van der Waals surface area (Å²) in [4.78, 5) is 29.2. The second-order valence-corrected chi connectivity index (χ2v) is 7.56. The molecule has 0 aliphatic carbocycles. The highest BCUT2D eigenvalue weighted by atomic mass is 35.5. The third-order valence-corrected chi connectivity index (χ3v) is 5.02. The molecule has 2 aromatic rings. The summed E-state index contributed by atoms with van der Waals surface area (Å²) in [5.74, 6) is -1.43. The predicted octanol–water partition coefficient (Wildman–Crippen LogP) is 3.88. The van der Waals surface area contributed by atoms with Crippen LogP contribution in [0.2, 0.25) is 5.02 Å². The van der Waals surface area contributed by atoms with Crippen molar-refractivity contribution in [2.75, 3.05) is 27.2 Å². The number of nitrogens with zero attached hydrogens (tertiary/aromatic N) is 2. The maximum atomic E-state index is 13.0. The number of aliphatic hydroxyl groups is 1. The van der Waals surface area contributed by atoms with Gasteiger partial charge in [0.25, 0.3) is 5.91 Å². The minimum atomic E-state index is -0.660. The van der Waals surface area contributed by atoms with E-state index in [0.29, 0.717) is 18.1 Å². The monoisotopic (exact) mass is 410 g/mol. The second-order valence-electron chi connectivity index (χ2n) is 7.13. The zero-order valence-corrected chi connectivity index (χ0v) is 17.1. The summed E-state index contributed by atoms with van der Waals surface area (Å²) in [5.41, 5.74) is 1.67. The molecule has 1 amide bonds. The number of ketones is 1. The zero-order chi connectivity index (χ0) is 21.0. The average molecular weight is 411 g/mol. The lowest BCUT2D eigenvalue weighted by atomic mass is 9.95. The molecule has 29 heavy (non-hydrogen) atoms. The molecule has 0 aromatic heterocycles. The van der Waals surface area contributed by atoms with E-state index in [1.54, 1.807) is 30.3 Å². The quantitative estimate of drug-likeness (QED) is 0.704. The summed E-state index contributed by atoms with van der Waals surface area (Å²) in [6.07, 6.45) is 3.07. The van der Waals surface area contributed by atoms with Crippen molar-refractivity contribution in [3.63, 3.8) is 0 Å². The van der Waals surface area contributed by atoms with E-state index in [-0.39, 0.29) is 5.57 Å². The summed E-state index contributed by atoms with van der Waals surface area (Å²) in [6.45, 7) is 0.979. The molecule has 1 N–H and O–H groups in total. The van der Waals surface area contributed by atoms with Crippen LogP contribution in [0.5, 0.6) is 0 Å². The van der Waals surface area contributed by atoms with Gasteiger partial charge >= 0.3 is 0 Å². The number of hydrogen-bond acceptors (Lipinski definition) is 4. The molecule has 150 valence electrons. The number of allylic oxidation sites excluding steroid dienone is 1. The number of benzene rings is 2. The van der Waals surface area contributed by atoms with Gasteiger partial charge in [0.05, 0.1) is 11.6 Å². The number of aliphatic hydroxyl groups excluding tert-OH is 1. The van der Waals surface area contributed by atoms with E-state index in [4.69, 9.17) is 11.6 Å². The molecule has 1 aliphatic rings. The number of hydrogen-bond donors (Lipinski definition) is 1. The zero-order valence-electron chi connectivity index (χ0n) is 16.4. The van der Waals surface area contributed by atoms with E-state index < -0.39 is 23.5 Å². The Balaban J connectivity index is 1.97. The fourth-order valence-corrected chi connectivity index (χ4v) is 3.39. The standard InChI is InChI=1S/C23H23ClN2O3/c1-25(2)14-15-26-21(17-9-11-18(24)12-10-17)20(22(28)23(26)29)19(27)13-8-16-6-4-3-5-7-16/h3-13,21,28H,14-15H2,1-2H3. The molecular formula is C23H23ClN2O3. The van der Waals surface area contributed by atoms with Crippen LogP contribution in [0.4, 0.5) is 0 Å². The summed E-state index contributed by atoms with van der Waals surface area (Å²) >= 11 is 6.00. The van der Waals surface area contributed by atoms with Crippen LogP contribution in [0.3, 0.4) is 0 Å². The first kappa shape index (κ1) is 20.8. The van der Waals surface area contributed by atoms with Gasteiger partial charge in [-0.25, -0.2) is 0 Å². The van der Waals surface area contributed by atoms with E-state index in [2.05, 4.69) is 0 Å². The Morgan fingerprint density at radius 1 is 1.14 bits per heavy atom. The Bertz CT molecular complexity index is 950. The maximum absolute atomic E-state index is 13.0. The van der Waals surface area contributed by atoms with Crippen LogP contribution in [-0.4, -0.2) is 53.8 Å². The molecule has 5 nitrogen and oxygen atoms in total. The number of likely N-dealkylation sites (N-methyl/N-ethyl adjacent to an activating group) is 1. The van der Waals surface area contributed by atoms with Crippen molar-refractivity contribution in [2.24, 2.45) is 0 Å². The van der Waals surface area contributed by atoms with Crippen LogP contribution in [-0.2, 0) is 9.59 Å². The molecule has 1 atom stereocenters. The second kappa shape index (κ2) is 9.07. The van der Waals surface area contributed by atoms with Gasteiger partial charge in [-0.2, -0.15) is 0 Å². The van der Waals surface area contributed by atoms with E-state index in [1.807, 2.05) is 49.3 Å². The van der Waals surface area contributed by atoms with E-state index >= 15 is 0 Å². The summed E-state index contributed by atoms with van der Waals surface area (Å²) < 4.78 is 0. The van der Waals surface area contributed by atoms with Crippen molar-refractivity contribution >= 4 is 29.4 Å². The largest absolute Gasteiger partial charge is 0.503 e. The molecular weight excluding hydrogens is 388 g/mol. The Hall–Kier alpha value is -2.89. The first-order chi connectivity index (χ1) is 13.9. The minimum Gasteiger partial charge on any atom is -0.503 e. The molecule has 2 aromatic carbocycles. The summed E-state index contributed by atoms with van der Waals surface area (Å²) in [7, 11) is 3.81. The molecule has 1 heterocycles. The Kier molecular flexibility index (Phi) is 6.52. The van der Waals surface area contributed by atoms with Gasteiger partial charge in [-0.15, -0.1) is 0 Å². The van der Waals surface area contributed by atoms with Gasteiger partial charge in [0.2, 0.25) is 0 Å². The molecule has 0 bridgehead atoms. The topological polar surface area (TPSA) is 60.9 Å². The van der Waals surface area contributed by atoms with Crippen LogP contribution >= 0.6 is 11.6 Å². The lowest BCUT2D eigenvalue weighted by molar-refractivity contribution is -0.129. The van der Waals surface area contributed by atoms with Crippen molar-refractivity contribution in [1.29, 1.82) is 0 Å². The first-order valence-corrected chi connectivity index (χ1v) is 9.68. The SMILES string of the molecule is CN(C)CCN1C(=O)C(O)=C(C(=O)C=Cc2ccccc2)C1c1ccc(Cl)cc1. The fraction of sp³-hybridized carbons (Fsp3) is 0.217. The van der Waals surface area contributed by atoms with E-state index in [9.17, 15) is 14.7 Å². The van der Waals surface area contributed by atoms with Crippen LogP contribution < -0.4 is 0 Å². The molecule has 0 saturated heterocycles. The molecule has 1 unspecified atom stereocenters. The lowest BCUT2D eigenvalue weighted by Gasteiger charge is -2.27. The van der Waals surface area contributed by atoms with Crippen molar-refractivity contribution in [2.45, 2.75) is 6.04 Å². The molecule has 3 rings (SSSR count).